The maximum atomic E-state index is 12.8. The van der Waals surface area contributed by atoms with Crippen LogP contribution in [0.2, 0.25) is 0 Å². The number of alkyl halides is 3. The van der Waals surface area contributed by atoms with Gasteiger partial charge in [-0.2, -0.15) is 13.2 Å². The number of amides is 1. The Bertz CT molecular complexity index is 1300. The molecule has 2 aromatic heterocycles. The van der Waals surface area contributed by atoms with E-state index in [1.807, 2.05) is 35.0 Å². The van der Waals surface area contributed by atoms with Gasteiger partial charge in [0.1, 0.15) is 6.10 Å². The van der Waals surface area contributed by atoms with E-state index >= 15 is 0 Å². The maximum absolute atomic E-state index is 12.8. The lowest BCUT2D eigenvalue weighted by Gasteiger charge is -2.15. The first-order valence-electron chi connectivity index (χ1n) is 10.0. The summed E-state index contributed by atoms with van der Waals surface area (Å²) >= 11 is 0. The Morgan fingerprint density at radius 1 is 1.03 bits per heavy atom. The molecule has 0 unspecified atom stereocenters. The van der Waals surface area contributed by atoms with E-state index in [9.17, 15) is 28.2 Å². The molecule has 2 heterocycles. The highest BCUT2D eigenvalue weighted by Crippen LogP contribution is 2.30. The Hall–Kier alpha value is -3.69. The first-order chi connectivity index (χ1) is 15.6. The molecule has 170 valence electrons. The lowest BCUT2D eigenvalue weighted by Crippen LogP contribution is -2.34. The van der Waals surface area contributed by atoms with E-state index in [0.29, 0.717) is 12.2 Å². The Morgan fingerprint density at radius 3 is 2.42 bits per heavy atom. The van der Waals surface area contributed by atoms with Crippen LogP contribution in [0.5, 0.6) is 0 Å². The van der Waals surface area contributed by atoms with Gasteiger partial charge in [0.15, 0.2) is 6.10 Å². The Balaban J connectivity index is 1.58. The fourth-order valence-corrected chi connectivity index (χ4v) is 3.59. The van der Waals surface area contributed by atoms with Crippen LogP contribution in [0.1, 0.15) is 22.9 Å². The summed E-state index contributed by atoms with van der Waals surface area (Å²) in [6.45, 7) is 0.409. The van der Waals surface area contributed by atoms with E-state index in [1.165, 1.54) is 18.2 Å². The third kappa shape index (κ3) is 4.74. The van der Waals surface area contributed by atoms with E-state index < -0.39 is 29.9 Å². The van der Waals surface area contributed by atoms with Crippen LogP contribution in [0.4, 0.5) is 13.2 Å². The van der Waals surface area contributed by atoms with E-state index in [2.05, 4.69) is 4.98 Å². The summed E-state index contributed by atoms with van der Waals surface area (Å²) in [6.07, 6.45) is -5.83. The van der Waals surface area contributed by atoms with Crippen LogP contribution in [0.25, 0.3) is 22.2 Å². The third-order valence-corrected chi connectivity index (χ3v) is 5.37. The summed E-state index contributed by atoms with van der Waals surface area (Å²) in [5, 5.41) is 20.7. The summed E-state index contributed by atoms with van der Waals surface area (Å²) in [5.41, 5.74) is 7.37. The van der Waals surface area contributed by atoms with Crippen LogP contribution in [0, 0.1) is 0 Å². The van der Waals surface area contributed by atoms with Crippen LogP contribution < -0.4 is 5.73 Å². The highest BCUT2D eigenvalue weighted by molar-refractivity contribution is 5.85. The topological polar surface area (TPSA) is 101 Å². The summed E-state index contributed by atoms with van der Waals surface area (Å²) in [7, 11) is 0. The van der Waals surface area contributed by atoms with Crippen molar-refractivity contribution in [2.24, 2.45) is 5.73 Å². The number of hydrogen-bond donors (Lipinski definition) is 3. The van der Waals surface area contributed by atoms with Gasteiger partial charge in [-0.15, -0.1) is 0 Å². The monoisotopic (exact) mass is 455 g/mol. The van der Waals surface area contributed by atoms with E-state index in [1.54, 1.807) is 12.1 Å². The highest BCUT2D eigenvalue weighted by Gasteiger charge is 2.30. The summed E-state index contributed by atoms with van der Waals surface area (Å²) in [6, 6.07) is 17.4. The molecular weight excluding hydrogens is 435 g/mol. The van der Waals surface area contributed by atoms with Crippen molar-refractivity contribution in [2.75, 3.05) is 0 Å². The molecule has 0 saturated carbocycles. The van der Waals surface area contributed by atoms with Gasteiger partial charge in [-0.3, -0.25) is 4.79 Å². The molecule has 0 fully saturated rings. The molecule has 1 amide bonds. The lowest BCUT2D eigenvalue weighted by molar-refractivity contribution is -0.137. The molecule has 0 aliphatic carbocycles. The first kappa shape index (κ1) is 22.5. The van der Waals surface area contributed by atoms with Gasteiger partial charge in [-0.05, 0) is 48.0 Å². The van der Waals surface area contributed by atoms with E-state index in [0.717, 1.165) is 34.2 Å². The highest BCUT2D eigenvalue weighted by atomic mass is 19.4. The van der Waals surface area contributed by atoms with Crippen molar-refractivity contribution >= 4 is 16.8 Å². The molecule has 33 heavy (non-hydrogen) atoms. The van der Waals surface area contributed by atoms with Crippen LogP contribution in [-0.2, 0) is 17.5 Å². The smallest absolute Gasteiger partial charge is 0.384 e. The van der Waals surface area contributed by atoms with Crippen LogP contribution >= 0.6 is 0 Å². The number of carbonyl (C=O) groups is 1. The van der Waals surface area contributed by atoms with Crippen LogP contribution in [-0.4, -0.2) is 31.8 Å². The SMILES string of the molecule is NC(=O)[C@H](O)[C@@H](O)c1cccc(-c2ccc3c(ccn3Cc3ccc(C(F)(F)F)cc3)c2)n1. The Labute approximate surface area is 186 Å². The zero-order chi connectivity index (χ0) is 23.8. The average Bonchev–Trinajstić information content (AvgIpc) is 3.19. The number of rotatable bonds is 6. The number of aliphatic hydroxyl groups excluding tert-OH is 2. The normalized spacial score (nSPS) is 13.7. The fourth-order valence-electron chi connectivity index (χ4n) is 3.59. The summed E-state index contributed by atoms with van der Waals surface area (Å²) in [5.74, 6) is -1.05. The lowest BCUT2D eigenvalue weighted by atomic mass is 10.1. The number of halogens is 3. The predicted molar refractivity (Wildman–Crippen MR) is 116 cm³/mol. The second-order valence-electron chi connectivity index (χ2n) is 7.65. The number of primary amides is 1. The number of benzene rings is 2. The summed E-state index contributed by atoms with van der Waals surface area (Å²) in [4.78, 5) is 15.5. The molecule has 0 bridgehead atoms. The number of nitrogens with zero attached hydrogens (tertiary/aromatic N) is 2. The number of fused-ring (bicyclic) bond motifs is 1. The van der Waals surface area contributed by atoms with Crippen molar-refractivity contribution in [1.82, 2.24) is 9.55 Å². The van der Waals surface area contributed by atoms with Crippen molar-refractivity contribution in [1.29, 1.82) is 0 Å². The van der Waals surface area contributed by atoms with Gasteiger partial charge in [0.2, 0.25) is 5.91 Å². The average molecular weight is 455 g/mol. The second kappa shape index (κ2) is 8.68. The van der Waals surface area contributed by atoms with Gasteiger partial charge >= 0.3 is 6.18 Å². The van der Waals surface area contributed by atoms with E-state index in [-0.39, 0.29) is 5.69 Å². The number of hydrogen-bond acceptors (Lipinski definition) is 4. The number of aromatic nitrogens is 2. The van der Waals surface area contributed by atoms with Crippen LogP contribution in [0.15, 0.2) is 72.9 Å². The summed E-state index contributed by atoms with van der Waals surface area (Å²) < 4.78 is 40.2. The molecule has 4 N–H and O–H groups in total. The Morgan fingerprint density at radius 2 is 1.76 bits per heavy atom. The first-order valence-corrected chi connectivity index (χ1v) is 10.0. The maximum Gasteiger partial charge on any atom is 0.416 e. The third-order valence-electron chi connectivity index (χ3n) is 5.37. The predicted octanol–water partition coefficient (Wildman–Crippen LogP) is 3.65. The zero-order valence-corrected chi connectivity index (χ0v) is 17.2. The van der Waals surface area contributed by atoms with Crippen molar-refractivity contribution in [3.8, 4) is 11.3 Å². The minimum absolute atomic E-state index is 0.110. The standard InChI is InChI=1S/C24H20F3N3O3/c25-24(26,27)17-7-4-14(5-8-17)13-30-11-10-16-12-15(6-9-20(16)30)18-2-1-3-19(29-18)21(31)22(32)23(28)33/h1-12,21-22,31-32H,13H2,(H2,28,33)/t21-,22+/m0/s1. The van der Waals surface area contributed by atoms with Gasteiger partial charge in [0, 0.05) is 29.2 Å². The van der Waals surface area contributed by atoms with Crippen LogP contribution in [0.3, 0.4) is 0 Å². The van der Waals surface area contributed by atoms with E-state index in [4.69, 9.17) is 5.73 Å². The molecule has 0 saturated heterocycles. The molecule has 6 nitrogen and oxygen atoms in total. The molecule has 2 atom stereocenters. The Kier molecular flexibility index (Phi) is 5.92. The fraction of sp³-hybridized carbons (Fsp3) is 0.167. The van der Waals surface area contributed by atoms with Crippen molar-refractivity contribution < 1.29 is 28.2 Å². The molecule has 0 aliphatic heterocycles. The minimum atomic E-state index is -4.37. The molecule has 9 heteroatoms. The molecule has 0 radical (unpaired) electrons. The number of nitrogens with two attached hydrogens (primary N) is 1. The van der Waals surface area contributed by atoms with Crippen molar-refractivity contribution in [2.45, 2.75) is 24.9 Å². The zero-order valence-electron chi connectivity index (χ0n) is 17.2. The van der Waals surface area contributed by atoms with Gasteiger partial charge < -0.3 is 20.5 Å². The largest absolute Gasteiger partial charge is 0.416 e. The quantitative estimate of drug-likeness (QED) is 0.413. The van der Waals surface area contributed by atoms with Crippen molar-refractivity contribution in [3.63, 3.8) is 0 Å². The van der Waals surface area contributed by atoms with Gasteiger partial charge in [-0.25, -0.2) is 4.98 Å². The molecule has 2 aromatic carbocycles. The number of pyridine rings is 1. The van der Waals surface area contributed by atoms with Gasteiger partial charge in [0.25, 0.3) is 0 Å². The number of aliphatic hydroxyl groups is 2. The second-order valence-corrected chi connectivity index (χ2v) is 7.65. The van der Waals surface area contributed by atoms with Gasteiger partial charge in [0.05, 0.1) is 17.0 Å². The molecule has 4 aromatic rings. The minimum Gasteiger partial charge on any atom is -0.384 e. The van der Waals surface area contributed by atoms with Gasteiger partial charge in [-0.1, -0.05) is 24.3 Å². The molecule has 4 rings (SSSR count). The van der Waals surface area contributed by atoms with Crippen molar-refractivity contribution in [3.05, 3.63) is 89.7 Å². The number of carbonyl (C=O) groups excluding carboxylic acids is 1. The molecule has 0 aliphatic rings. The molecular formula is C24H20F3N3O3. The molecule has 0 spiro atoms.